The molecule has 0 spiro atoms. The number of para-hydroxylation sites is 1. The third-order valence-corrected chi connectivity index (χ3v) is 4.36. The molecule has 0 unspecified atom stereocenters. The van der Waals surface area contributed by atoms with Gasteiger partial charge in [-0.15, -0.1) is 0 Å². The van der Waals surface area contributed by atoms with Crippen molar-refractivity contribution in [1.82, 2.24) is 9.49 Å². The SMILES string of the molecule is Cn1cc(C(=O)N2N=Cc3ccccc3B2O)c(=O)c2ccccc21. The van der Waals surface area contributed by atoms with Crippen LogP contribution in [-0.4, -0.2) is 33.7 Å². The van der Waals surface area contributed by atoms with Crippen molar-refractivity contribution in [3.8, 4) is 0 Å². The molecule has 4 rings (SSSR count). The lowest BCUT2D eigenvalue weighted by atomic mass is 9.69. The van der Waals surface area contributed by atoms with Gasteiger partial charge in [-0.05, 0) is 23.2 Å². The van der Waals surface area contributed by atoms with Crippen LogP contribution in [0.3, 0.4) is 0 Å². The van der Waals surface area contributed by atoms with Gasteiger partial charge in [-0.2, -0.15) is 5.10 Å². The Morgan fingerprint density at radius 2 is 1.84 bits per heavy atom. The summed E-state index contributed by atoms with van der Waals surface area (Å²) in [4.78, 5) is 26.5. The van der Waals surface area contributed by atoms with Crippen LogP contribution in [-0.2, 0) is 7.05 Å². The van der Waals surface area contributed by atoms with Gasteiger partial charge in [0.15, 0.2) is 0 Å². The molecular formula is C18H14BN3O3. The minimum absolute atomic E-state index is 0.0308. The molecule has 1 aliphatic heterocycles. The van der Waals surface area contributed by atoms with Gasteiger partial charge in [0.05, 0.1) is 11.7 Å². The molecule has 122 valence electrons. The summed E-state index contributed by atoms with van der Waals surface area (Å²) >= 11 is 0. The van der Waals surface area contributed by atoms with Crippen molar-refractivity contribution < 1.29 is 9.82 Å². The van der Waals surface area contributed by atoms with Crippen molar-refractivity contribution in [3.63, 3.8) is 0 Å². The van der Waals surface area contributed by atoms with Crippen LogP contribution in [0.2, 0.25) is 0 Å². The van der Waals surface area contributed by atoms with E-state index in [1.54, 1.807) is 41.9 Å². The average Bonchev–Trinajstić information content (AvgIpc) is 2.65. The quantitative estimate of drug-likeness (QED) is 0.668. The van der Waals surface area contributed by atoms with Gasteiger partial charge < -0.3 is 9.59 Å². The second kappa shape index (κ2) is 5.72. The maximum atomic E-state index is 12.9. The molecule has 1 N–H and O–H groups in total. The molecule has 0 aliphatic carbocycles. The van der Waals surface area contributed by atoms with Gasteiger partial charge in [0.25, 0.3) is 5.91 Å². The summed E-state index contributed by atoms with van der Waals surface area (Å²) in [7, 11) is 0.536. The largest absolute Gasteiger partial charge is 0.474 e. The molecule has 6 nitrogen and oxygen atoms in total. The highest BCUT2D eigenvalue weighted by atomic mass is 16.2. The lowest BCUT2D eigenvalue weighted by Crippen LogP contribution is -2.53. The Morgan fingerprint density at radius 1 is 1.12 bits per heavy atom. The molecule has 3 aromatic rings. The van der Waals surface area contributed by atoms with Crippen LogP contribution in [0.25, 0.3) is 10.9 Å². The molecule has 7 heteroatoms. The van der Waals surface area contributed by atoms with E-state index >= 15 is 0 Å². The van der Waals surface area contributed by atoms with Crippen LogP contribution in [0, 0.1) is 0 Å². The minimum Gasteiger partial charge on any atom is -0.427 e. The Labute approximate surface area is 143 Å². The normalized spacial score (nSPS) is 13.2. The first-order valence-electron chi connectivity index (χ1n) is 7.81. The third-order valence-electron chi connectivity index (χ3n) is 4.36. The van der Waals surface area contributed by atoms with Crippen LogP contribution in [0.4, 0.5) is 0 Å². The molecule has 2 heterocycles. The van der Waals surface area contributed by atoms with Gasteiger partial charge in [-0.3, -0.25) is 9.59 Å². The van der Waals surface area contributed by atoms with Gasteiger partial charge in [0.2, 0.25) is 5.43 Å². The highest BCUT2D eigenvalue weighted by molar-refractivity contribution is 6.68. The number of carbonyl (C=O) groups is 1. The fourth-order valence-corrected chi connectivity index (χ4v) is 3.06. The van der Waals surface area contributed by atoms with E-state index < -0.39 is 13.0 Å². The maximum Gasteiger partial charge on any atom is 0.474 e. The number of benzene rings is 2. The molecule has 0 radical (unpaired) electrons. The van der Waals surface area contributed by atoms with E-state index in [0.29, 0.717) is 10.8 Å². The first-order chi connectivity index (χ1) is 12.1. The van der Waals surface area contributed by atoms with Crippen molar-refractivity contribution >= 4 is 35.5 Å². The molecule has 0 bridgehead atoms. The fourth-order valence-electron chi connectivity index (χ4n) is 3.06. The van der Waals surface area contributed by atoms with Gasteiger partial charge in [0.1, 0.15) is 5.56 Å². The summed E-state index contributed by atoms with van der Waals surface area (Å²) < 4.78 is 1.72. The standard InChI is InChI=1S/C18H14BN3O3/c1-21-11-14(17(23)13-7-3-5-9-16(13)21)18(24)22-19(25)15-8-4-2-6-12(15)10-20-22/h2-11,25H,1H3. The number of hydrogen-bond donors (Lipinski definition) is 1. The van der Waals surface area contributed by atoms with Crippen LogP contribution >= 0.6 is 0 Å². The summed E-state index contributed by atoms with van der Waals surface area (Å²) in [6.07, 6.45) is 2.99. The van der Waals surface area contributed by atoms with E-state index in [-0.39, 0.29) is 11.0 Å². The highest BCUT2D eigenvalue weighted by Crippen LogP contribution is 2.14. The minimum atomic E-state index is -1.23. The van der Waals surface area contributed by atoms with E-state index in [1.165, 1.54) is 12.4 Å². The molecule has 0 atom stereocenters. The van der Waals surface area contributed by atoms with Gasteiger partial charge in [0, 0.05) is 18.6 Å². The number of nitrogens with zero attached hydrogens (tertiary/aromatic N) is 3. The van der Waals surface area contributed by atoms with Crippen LogP contribution in [0.1, 0.15) is 15.9 Å². The Bertz CT molecular complexity index is 1090. The average molecular weight is 331 g/mol. The smallest absolute Gasteiger partial charge is 0.427 e. The number of pyridine rings is 1. The molecular weight excluding hydrogens is 317 g/mol. The number of carbonyl (C=O) groups excluding carboxylic acids is 1. The molecule has 1 amide bonds. The summed E-state index contributed by atoms with van der Waals surface area (Å²) in [6.45, 7) is 0. The molecule has 1 aromatic heterocycles. The second-order valence-corrected chi connectivity index (χ2v) is 5.90. The Balaban J connectivity index is 1.82. The topological polar surface area (TPSA) is 74.9 Å². The summed E-state index contributed by atoms with van der Waals surface area (Å²) in [5.74, 6) is -0.635. The number of aryl methyl sites for hydroxylation is 1. The number of fused-ring (bicyclic) bond motifs is 2. The lowest BCUT2D eigenvalue weighted by molar-refractivity contribution is 0.0844. The molecule has 2 aromatic carbocycles. The van der Waals surface area contributed by atoms with Crippen LogP contribution in [0.5, 0.6) is 0 Å². The zero-order chi connectivity index (χ0) is 17.6. The number of hydrogen-bond acceptors (Lipinski definition) is 4. The van der Waals surface area contributed by atoms with E-state index in [0.717, 1.165) is 16.0 Å². The van der Waals surface area contributed by atoms with E-state index in [2.05, 4.69) is 5.10 Å². The van der Waals surface area contributed by atoms with Crippen molar-refractivity contribution in [2.45, 2.75) is 0 Å². The second-order valence-electron chi connectivity index (χ2n) is 5.90. The highest BCUT2D eigenvalue weighted by Gasteiger charge is 2.35. The third kappa shape index (κ3) is 2.37. The fraction of sp³-hybridized carbons (Fsp3) is 0.0556. The van der Waals surface area contributed by atoms with E-state index in [1.807, 2.05) is 18.2 Å². The first-order valence-corrected chi connectivity index (χ1v) is 7.81. The summed E-state index contributed by atoms with van der Waals surface area (Å²) in [5.41, 5.74) is 1.64. The Kier molecular flexibility index (Phi) is 3.51. The molecule has 0 saturated carbocycles. The van der Waals surface area contributed by atoms with E-state index in [9.17, 15) is 14.6 Å². The van der Waals surface area contributed by atoms with Gasteiger partial charge in [-0.25, -0.2) is 4.92 Å². The van der Waals surface area contributed by atoms with Crippen molar-refractivity contribution in [1.29, 1.82) is 0 Å². The number of aromatic nitrogens is 1. The molecule has 0 fully saturated rings. The van der Waals surface area contributed by atoms with Gasteiger partial charge in [-0.1, -0.05) is 36.4 Å². The predicted molar refractivity (Wildman–Crippen MR) is 97.0 cm³/mol. The number of hydrazone groups is 1. The van der Waals surface area contributed by atoms with Crippen LogP contribution in [0.15, 0.2) is 64.6 Å². The maximum absolute atomic E-state index is 12.9. The number of amides is 1. The van der Waals surface area contributed by atoms with Crippen molar-refractivity contribution in [2.75, 3.05) is 0 Å². The number of rotatable bonds is 1. The summed E-state index contributed by atoms with van der Waals surface area (Å²) in [5, 5.41) is 15.0. The lowest BCUT2D eigenvalue weighted by Gasteiger charge is -2.25. The Morgan fingerprint density at radius 3 is 2.68 bits per heavy atom. The van der Waals surface area contributed by atoms with Gasteiger partial charge >= 0.3 is 7.05 Å². The molecule has 0 saturated heterocycles. The Hall–Kier alpha value is -3.19. The zero-order valence-corrected chi connectivity index (χ0v) is 13.5. The van der Waals surface area contributed by atoms with E-state index in [4.69, 9.17) is 0 Å². The zero-order valence-electron chi connectivity index (χ0n) is 13.5. The summed E-state index contributed by atoms with van der Waals surface area (Å²) in [6, 6.07) is 14.2. The predicted octanol–water partition coefficient (Wildman–Crippen LogP) is 0.716. The monoisotopic (exact) mass is 331 g/mol. The first kappa shape index (κ1) is 15.3. The molecule has 25 heavy (non-hydrogen) atoms. The van der Waals surface area contributed by atoms with Crippen molar-refractivity contribution in [2.24, 2.45) is 12.1 Å². The van der Waals surface area contributed by atoms with Crippen LogP contribution < -0.4 is 10.9 Å². The molecule has 1 aliphatic rings. The van der Waals surface area contributed by atoms with Crippen molar-refractivity contribution in [3.05, 3.63) is 76.1 Å².